The lowest BCUT2D eigenvalue weighted by Gasteiger charge is -2.28. The minimum Gasteiger partial charge on any atom is -0.478 e. The van der Waals surface area contributed by atoms with Crippen molar-refractivity contribution in [1.82, 2.24) is 0 Å². The van der Waals surface area contributed by atoms with Crippen LogP contribution >= 0.6 is 7.60 Å². The van der Waals surface area contributed by atoms with E-state index in [0.717, 1.165) is 5.56 Å². The van der Waals surface area contributed by atoms with Gasteiger partial charge in [-0.05, 0) is 36.6 Å². The predicted octanol–water partition coefficient (Wildman–Crippen LogP) is 5.54. The molecule has 0 aliphatic carbocycles. The van der Waals surface area contributed by atoms with E-state index < -0.39 is 19.3 Å². The Kier molecular flexibility index (Phi) is 8.04. The lowest BCUT2D eigenvalue weighted by atomic mass is 10.2. The van der Waals surface area contributed by atoms with Gasteiger partial charge in [0.25, 0.3) is 0 Å². The number of benzene rings is 2. The lowest BCUT2D eigenvalue weighted by molar-refractivity contribution is 0.0697. The molecule has 2 aromatic carbocycles. The van der Waals surface area contributed by atoms with Crippen LogP contribution in [0.2, 0.25) is 0 Å². The largest absolute Gasteiger partial charge is 0.478 e. The highest BCUT2D eigenvalue weighted by atomic mass is 31.2. The quantitative estimate of drug-likeness (QED) is 0.489. The molecule has 146 valence electrons. The molecular weight excluding hydrogens is 365 g/mol. The van der Waals surface area contributed by atoms with Gasteiger partial charge in [0.15, 0.2) is 5.78 Å². The Morgan fingerprint density at radius 3 is 2.22 bits per heavy atom. The number of rotatable bonds is 11. The molecule has 0 spiro atoms. The second-order valence-electron chi connectivity index (χ2n) is 6.05. The van der Waals surface area contributed by atoms with E-state index in [-0.39, 0.29) is 5.56 Å². The van der Waals surface area contributed by atoms with Crippen molar-refractivity contribution in [2.45, 2.75) is 32.5 Å². The molecule has 1 unspecified atom stereocenters. The molecule has 1 atom stereocenters. The van der Waals surface area contributed by atoms with Crippen molar-refractivity contribution < 1.29 is 23.5 Å². The monoisotopic (exact) mass is 391 g/mol. The average molecular weight is 391 g/mol. The molecule has 0 heterocycles. The zero-order valence-corrected chi connectivity index (χ0v) is 16.5. The zero-order valence-electron chi connectivity index (χ0n) is 15.6. The summed E-state index contributed by atoms with van der Waals surface area (Å²) in [6.45, 7) is 4.49. The summed E-state index contributed by atoms with van der Waals surface area (Å²) in [6.07, 6.45) is 1.41. The van der Waals surface area contributed by atoms with Gasteiger partial charge in [0.1, 0.15) is 0 Å². The van der Waals surface area contributed by atoms with Crippen LogP contribution in [0.4, 0.5) is 5.69 Å². The van der Waals surface area contributed by atoms with Gasteiger partial charge in [0, 0.05) is 5.69 Å². The maximum absolute atomic E-state index is 13.6. The van der Waals surface area contributed by atoms with Gasteiger partial charge in [-0.15, -0.1) is 0 Å². The van der Waals surface area contributed by atoms with E-state index in [1.165, 1.54) is 12.1 Å². The Morgan fingerprint density at radius 1 is 1.04 bits per heavy atom. The number of carbonyl (C=O) groups is 1. The SMILES string of the molecule is CCCOP(=O)(OCCC)C(Nc1cccc(C(=O)O)c1)c1ccccc1. The number of hydrogen-bond donors (Lipinski definition) is 2. The predicted molar refractivity (Wildman–Crippen MR) is 106 cm³/mol. The van der Waals surface area contributed by atoms with E-state index in [4.69, 9.17) is 9.05 Å². The molecule has 0 aliphatic heterocycles. The van der Waals surface area contributed by atoms with E-state index in [2.05, 4.69) is 5.32 Å². The number of carboxylic acids is 1. The Morgan fingerprint density at radius 2 is 1.67 bits per heavy atom. The maximum Gasteiger partial charge on any atom is 0.357 e. The molecule has 0 fully saturated rings. The minimum absolute atomic E-state index is 0.144. The van der Waals surface area contributed by atoms with E-state index in [1.807, 2.05) is 44.2 Å². The van der Waals surface area contributed by atoms with Gasteiger partial charge < -0.3 is 19.5 Å². The van der Waals surface area contributed by atoms with Crippen LogP contribution in [0.1, 0.15) is 48.4 Å². The van der Waals surface area contributed by atoms with Gasteiger partial charge >= 0.3 is 13.6 Å². The zero-order chi connectivity index (χ0) is 19.7. The van der Waals surface area contributed by atoms with Crippen LogP contribution in [-0.4, -0.2) is 24.3 Å². The summed E-state index contributed by atoms with van der Waals surface area (Å²) in [4.78, 5) is 11.3. The molecule has 2 rings (SSSR count). The van der Waals surface area contributed by atoms with Gasteiger partial charge in [-0.3, -0.25) is 4.57 Å². The molecule has 0 radical (unpaired) electrons. The van der Waals surface area contributed by atoms with Gasteiger partial charge in [-0.25, -0.2) is 4.79 Å². The van der Waals surface area contributed by atoms with Gasteiger partial charge in [-0.1, -0.05) is 50.2 Å². The van der Waals surface area contributed by atoms with Crippen molar-refractivity contribution in [1.29, 1.82) is 0 Å². The lowest BCUT2D eigenvalue weighted by Crippen LogP contribution is -2.16. The summed E-state index contributed by atoms with van der Waals surface area (Å²) >= 11 is 0. The fraction of sp³-hybridized carbons (Fsp3) is 0.350. The van der Waals surface area contributed by atoms with Crippen molar-refractivity contribution in [2.75, 3.05) is 18.5 Å². The van der Waals surface area contributed by atoms with Crippen molar-refractivity contribution in [3.05, 3.63) is 65.7 Å². The third-order valence-electron chi connectivity index (χ3n) is 3.80. The van der Waals surface area contributed by atoms with Crippen LogP contribution in [0.25, 0.3) is 0 Å². The smallest absolute Gasteiger partial charge is 0.357 e. The first kappa shape index (κ1) is 21.2. The molecule has 7 heteroatoms. The van der Waals surface area contributed by atoms with Crippen LogP contribution < -0.4 is 5.32 Å². The third-order valence-corrected chi connectivity index (χ3v) is 5.94. The van der Waals surface area contributed by atoms with Crippen LogP contribution in [0, 0.1) is 0 Å². The first-order chi connectivity index (χ1) is 13.0. The van der Waals surface area contributed by atoms with Crippen LogP contribution in [0.15, 0.2) is 54.6 Å². The normalized spacial score (nSPS) is 12.5. The summed E-state index contributed by atoms with van der Waals surface area (Å²) in [7, 11) is -3.55. The van der Waals surface area contributed by atoms with Crippen LogP contribution in [0.5, 0.6) is 0 Å². The number of carboxylic acid groups (broad SMARTS) is 1. The topological polar surface area (TPSA) is 84.9 Å². The second kappa shape index (κ2) is 10.3. The molecule has 0 amide bonds. The number of aromatic carboxylic acids is 1. The molecule has 0 saturated carbocycles. The molecular formula is C20H26NO5P. The molecule has 6 nitrogen and oxygen atoms in total. The highest BCUT2D eigenvalue weighted by Crippen LogP contribution is 2.61. The Labute approximate surface area is 160 Å². The van der Waals surface area contributed by atoms with E-state index in [0.29, 0.717) is 31.7 Å². The van der Waals surface area contributed by atoms with Crippen molar-refractivity contribution >= 4 is 19.3 Å². The van der Waals surface area contributed by atoms with Crippen LogP contribution in [0.3, 0.4) is 0 Å². The Bertz CT molecular complexity index is 769. The summed E-state index contributed by atoms with van der Waals surface area (Å²) in [6, 6.07) is 15.6. The standard InChI is InChI=1S/C20H26NO5P/c1-3-13-25-27(24,26-14-4-2)19(16-9-6-5-7-10-16)21-18-12-8-11-17(15-18)20(22)23/h5-12,15,19,21H,3-4,13-14H2,1-2H3,(H,22,23). The summed E-state index contributed by atoms with van der Waals surface area (Å²) < 4.78 is 25.0. The van der Waals surface area contributed by atoms with Crippen LogP contribution in [-0.2, 0) is 13.6 Å². The molecule has 2 N–H and O–H groups in total. The molecule has 0 saturated heterocycles. The number of hydrogen-bond acceptors (Lipinski definition) is 5. The van der Waals surface area contributed by atoms with Gasteiger partial charge in [-0.2, -0.15) is 0 Å². The molecule has 27 heavy (non-hydrogen) atoms. The average Bonchev–Trinajstić information content (AvgIpc) is 2.69. The maximum atomic E-state index is 13.6. The Hall–Kier alpha value is -2.14. The van der Waals surface area contributed by atoms with E-state index in [1.54, 1.807) is 12.1 Å². The summed E-state index contributed by atoms with van der Waals surface area (Å²) in [5.74, 6) is -1.77. The van der Waals surface area contributed by atoms with Crippen molar-refractivity contribution in [2.24, 2.45) is 0 Å². The van der Waals surface area contributed by atoms with E-state index in [9.17, 15) is 14.5 Å². The molecule has 2 aromatic rings. The number of anilines is 1. The first-order valence-electron chi connectivity index (χ1n) is 9.03. The van der Waals surface area contributed by atoms with Gasteiger partial charge in [0.2, 0.25) is 0 Å². The first-order valence-corrected chi connectivity index (χ1v) is 10.6. The third kappa shape index (κ3) is 5.93. The summed E-state index contributed by atoms with van der Waals surface area (Å²) in [5, 5.41) is 12.4. The van der Waals surface area contributed by atoms with Crippen molar-refractivity contribution in [3.8, 4) is 0 Å². The Balaban J connectivity index is 2.42. The second-order valence-corrected chi connectivity index (χ2v) is 8.16. The molecule has 0 aliphatic rings. The summed E-state index contributed by atoms with van der Waals surface area (Å²) in [5.41, 5.74) is 1.42. The fourth-order valence-corrected chi connectivity index (χ4v) is 4.59. The number of nitrogens with one attached hydrogen (secondary N) is 1. The molecule has 0 aromatic heterocycles. The van der Waals surface area contributed by atoms with E-state index >= 15 is 0 Å². The molecule has 0 bridgehead atoms. The minimum atomic E-state index is -3.55. The highest BCUT2D eigenvalue weighted by Gasteiger charge is 2.37. The van der Waals surface area contributed by atoms with Gasteiger partial charge in [0.05, 0.1) is 18.8 Å². The fourth-order valence-electron chi connectivity index (χ4n) is 2.50. The highest BCUT2D eigenvalue weighted by molar-refractivity contribution is 7.54. The van der Waals surface area contributed by atoms with Crippen molar-refractivity contribution in [3.63, 3.8) is 0 Å².